The van der Waals surface area contributed by atoms with Gasteiger partial charge in [-0.05, 0) is 0 Å². The van der Waals surface area contributed by atoms with Gasteiger partial charge in [0.1, 0.15) is 0 Å². The van der Waals surface area contributed by atoms with Crippen molar-refractivity contribution in [3.63, 3.8) is 0 Å². The van der Waals surface area contributed by atoms with Gasteiger partial charge in [0.25, 0.3) is 0 Å². The van der Waals surface area contributed by atoms with Crippen LogP contribution in [0.25, 0.3) is 34.4 Å². The van der Waals surface area contributed by atoms with Gasteiger partial charge in [-0.2, -0.15) is 0 Å². The fraction of sp³-hybridized carbons (Fsp3) is 0.364. The Labute approximate surface area is 275 Å². The fourth-order valence-electron chi connectivity index (χ4n) is 10.5. The normalized spacial score (nSPS) is 19.2. The van der Waals surface area contributed by atoms with Crippen LogP contribution in [-0.4, -0.2) is 6.94 Å². The third kappa shape index (κ3) is 5.27. The predicted molar refractivity (Wildman–Crippen MR) is 206 cm³/mol. The molecule has 4 aromatic rings. The fourth-order valence-corrected chi connectivity index (χ4v) is 60.1. The van der Waals surface area contributed by atoms with Gasteiger partial charge in [0.05, 0.1) is 0 Å². The van der Waals surface area contributed by atoms with Gasteiger partial charge in [0, 0.05) is 0 Å². The van der Waals surface area contributed by atoms with Crippen LogP contribution in [0, 0.1) is 13.8 Å². The average molecular weight is 792 g/mol. The predicted octanol–water partition coefficient (Wildman–Crippen LogP) is 13.1. The Kier molecular flexibility index (Phi) is 8.17. The van der Waals surface area contributed by atoms with E-state index in [4.69, 9.17) is 0 Å². The minimum absolute atomic E-state index is 0.458. The molecule has 2 aliphatic carbocycles. The molecule has 2 heteroatoms. The van der Waals surface area contributed by atoms with Crippen LogP contribution < -0.4 is 0 Å². The SMILES string of the molecule is CCCC[CH2][Hf]([CH3])([CH3])(=[SiH2])([CH2]CCCC)([CH]1C=Cc2c(-c3cccc(C)c3)cccc21)[CH]1C=Cc2c(-c3cccc(C)c3)cccc21. The van der Waals surface area contributed by atoms with E-state index in [1.165, 1.54) is 91.4 Å². The van der Waals surface area contributed by atoms with Crippen molar-refractivity contribution < 1.29 is 14.2 Å². The molecule has 0 saturated carbocycles. The number of aryl methyl sites for hydroxylation is 2. The number of hydrogen-bond donors (Lipinski definition) is 0. The van der Waals surface area contributed by atoms with Crippen LogP contribution in [0.1, 0.15) is 93.1 Å². The van der Waals surface area contributed by atoms with Crippen molar-refractivity contribution in [1.29, 1.82) is 0 Å². The summed E-state index contributed by atoms with van der Waals surface area (Å²) in [5.41, 5.74) is 14.2. The summed E-state index contributed by atoms with van der Waals surface area (Å²) in [5, 5.41) is 0. The van der Waals surface area contributed by atoms with Crippen molar-refractivity contribution in [2.45, 2.75) is 91.3 Å². The van der Waals surface area contributed by atoms with E-state index in [9.17, 15) is 0 Å². The van der Waals surface area contributed by atoms with Crippen molar-refractivity contribution in [1.82, 2.24) is 0 Å². The second kappa shape index (κ2) is 11.3. The van der Waals surface area contributed by atoms with E-state index in [-0.39, 0.29) is 0 Å². The van der Waals surface area contributed by atoms with Crippen LogP contribution in [-0.2, 0) is 14.2 Å². The Hall–Kier alpha value is -2.55. The van der Waals surface area contributed by atoms with Gasteiger partial charge in [-0.3, -0.25) is 0 Å². The van der Waals surface area contributed by atoms with Gasteiger partial charge < -0.3 is 0 Å². The van der Waals surface area contributed by atoms with Crippen LogP contribution in [0.15, 0.2) is 97.1 Å². The molecule has 0 radical (unpaired) electrons. The Balaban J connectivity index is 1.63. The van der Waals surface area contributed by atoms with Crippen LogP contribution >= 0.6 is 0 Å². The monoisotopic (exact) mass is 792 g/mol. The van der Waals surface area contributed by atoms with Gasteiger partial charge in [0.2, 0.25) is 0 Å². The molecule has 0 aromatic heterocycles. The second-order valence-electron chi connectivity index (χ2n) is 17.9. The first-order valence-electron chi connectivity index (χ1n) is 18.2. The zero-order valence-corrected chi connectivity index (χ0v) is 34.4. The third-order valence-electron chi connectivity index (χ3n) is 13.3. The van der Waals surface area contributed by atoms with E-state index < -0.39 is 14.2 Å². The number of allylic oxidation sites excluding steroid dienone is 2. The van der Waals surface area contributed by atoms with Crippen LogP contribution in [0.3, 0.4) is 0 Å². The summed E-state index contributed by atoms with van der Waals surface area (Å²) in [7, 11) is 0. The summed E-state index contributed by atoms with van der Waals surface area (Å²) in [6.07, 6.45) is 18.3. The van der Waals surface area contributed by atoms with Gasteiger partial charge >= 0.3 is 277 Å². The first kappa shape index (κ1) is 33.4. The van der Waals surface area contributed by atoms with E-state index in [1.807, 2.05) is 0 Å². The summed E-state index contributed by atoms with van der Waals surface area (Å²) in [6, 6.07) is 32.7. The molecule has 46 heavy (non-hydrogen) atoms. The minimum atomic E-state index is -5.11. The molecule has 2 unspecified atom stereocenters. The third-order valence-corrected chi connectivity index (χ3v) is 69.8. The van der Waals surface area contributed by atoms with E-state index >= 15 is 0 Å². The molecule has 2 atom stereocenters. The standard InChI is InChI=1S/2C16H13.2C5H11.2CH3.Hf.H2Si/c2*1-12-5-2-8-14(11-12)16-10-4-7-13-6-3-9-15(13)16;2*1-3-5-4-2;;;;/h2*2-11H,1H3;2*1,3-5H2,2H3;2*1H3;;1H2. The summed E-state index contributed by atoms with van der Waals surface area (Å²) in [6.45, 7) is 11.8. The topological polar surface area (TPSA) is 0 Å². The van der Waals surface area contributed by atoms with Gasteiger partial charge in [-0.15, -0.1) is 0 Å². The maximum absolute atomic E-state index is 5.11. The van der Waals surface area contributed by atoms with E-state index in [1.54, 1.807) is 11.1 Å². The van der Waals surface area contributed by atoms with Crippen molar-refractivity contribution in [3.8, 4) is 22.3 Å². The second-order valence-corrected chi connectivity index (χ2v) is 94.9. The van der Waals surface area contributed by atoms with Gasteiger partial charge in [0.15, 0.2) is 0 Å². The molecular weight excluding hydrogens is 735 g/mol. The molecule has 0 saturated heterocycles. The Bertz CT molecular complexity index is 1860. The van der Waals surface area contributed by atoms with Crippen molar-refractivity contribution in [3.05, 3.63) is 130 Å². The quantitative estimate of drug-likeness (QED) is 0.0990. The van der Waals surface area contributed by atoms with Crippen molar-refractivity contribution in [2.75, 3.05) is 0 Å². The maximum atomic E-state index is 2.96. The number of fused-ring (bicyclic) bond motifs is 2. The molecule has 4 aromatic carbocycles. The zero-order valence-electron chi connectivity index (χ0n) is 29.4. The molecule has 0 heterocycles. The van der Waals surface area contributed by atoms with Crippen LogP contribution in [0.4, 0.5) is 0 Å². The Morgan fingerprint density at radius 2 is 0.978 bits per heavy atom. The first-order chi connectivity index (χ1) is 21.9. The molecule has 0 amide bonds. The van der Waals surface area contributed by atoms with E-state index in [0.29, 0.717) is 7.35 Å². The first-order valence-corrected chi connectivity index (χ1v) is 42.9. The molecule has 0 bridgehead atoms. The summed E-state index contributed by atoms with van der Waals surface area (Å²) >= 11 is -5.11. The molecule has 2 aliphatic rings. The molecule has 0 spiro atoms. The summed E-state index contributed by atoms with van der Waals surface area (Å²) < 4.78 is 9.57. The van der Waals surface area contributed by atoms with Gasteiger partial charge in [-0.25, -0.2) is 0 Å². The van der Waals surface area contributed by atoms with Crippen molar-refractivity contribution >= 4 is 19.1 Å². The number of rotatable bonds is 12. The molecule has 240 valence electrons. The molecule has 0 N–H and O–H groups in total. The molecule has 6 rings (SSSR count). The zero-order chi connectivity index (χ0) is 32.7. The summed E-state index contributed by atoms with van der Waals surface area (Å²) in [5.74, 6) is 0. The molecular formula is C44H56HfSi. The Morgan fingerprint density at radius 3 is 1.37 bits per heavy atom. The van der Waals surface area contributed by atoms with Crippen LogP contribution in [0.2, 0.25) is 17.7 Å². The molecule has 0 aliphatic heterocycles. The number of benzene rings is 4. The average Bonchev–Trinajstić information content (AvgIpc) is 3.69. The van der Waals surface area contributed by atoms with Crippen LogP contribution in [0.5, 0.6) is 0 Å². The molecule has 0 nitrogen and oxygen atoms in total. The van der Waals surface area contributed by atoms with E-state index in [0.717, 1.165) is 0 Å². The number of hydrogen-bond acceptors (Lipinski definition) is 0. The molecule has 0 fully saturated rings. The number of unbranched alkanes of at least 4 members (excludes halogenated alkanes) is 4. The van der Waals surface area contributed by atoms with Gasteiger partial charge in [-0.1, -0.05) is 0 Å². The Morgan fingerprint density at radius 1 is 0.565 bits per heavy atom. The van der Waals surface area contributed by atoms with Crippen molar-refractivity contribution in [2.24, 2.45) is 0 Å². The summed E-state index contributed by atoms with van der Waals surface area (Å²) in [4.78, 5) is 0. The van der Waals surface area contributed by atoms with E-state index in [2.05, 4.69) is 153 Å².